The van der Waals surface area contributed by atoms with Gasteiger partial charge in [0.2, 0.25) is 0 Å². The molecule has 0 aliphatic rings. The van der Waals surface area contributed by atoms with Crippen LogP contribution in [0.1, 0.15) is 11.1 Å². The van der Waals surface area contributed by atoms with Gasteiger partial charge in [-0.05, 0) is 50.3 Å². The van der Waals surface area contributed by atoms with E-state index >= 15 is 0 Å². The van der Waals surface area contributed by atoms with E-state index in [1.807, 2.05) is 50.2 Å². The normalized spacial score (nSPS) is 9.83. The van der Waals surface area contributed by atoms with Gasteiger partial charge < -0.3 is 10.6 Å². The number of carbonyl (C=O) groups is 2. The lowest BCUT2D eigenvalue weighted by molar-refractivity contribution is -0.135. The number of benzene rings is 2. The van der Waals surface area contributed by atoms with Gasteiger partial charge in [-0.15, -0.1) is 0 Å². The fourth-order valence-electron chi connectivity index (χ4n) is 1.78. The summed E-state index contributed by atoms with van der Waals surface area (Å²) < 4.78 is 0. The van der Waals surface area contributed by atoms with Crippen LogP contribution in [0, 0.1) is 13.8 Å². The third kappa shape index (κ3) is 5.19. The summed E-state index contributed by atoms with van der Waals surface area (Å²) in [5.74, 6) is -1.60. The number of amides is 2. The van der Waals surface area contributed by atoms with Crippen LogP contribution in [0.3, 0.4) is 0 Å². The number of rotatable bonds is 2. The molecule has 0 aliphatic heterocycles. The predicted molar refractivity (Wildman–Crippen MR) is 95.4 cm³/mol. The molecular formula is C17H17N3O2S. The van der Waals surface area contributed by atoms with Crippen LogP contribution in [0.15, 0.2) is 48.5 Å². The molecule has 0 atom stereocenters. The number of hydrogen-bond donors (Lipinski definition) is 3. The van der Waals surface area contributed by atoms with Crippen molar-refractivity contribution in [2.45, 2.75) is 13.8 Å². The van der Waals surface area contributed by atoms with E-state index in [0.717, 1.165) is 16.8 Å². The van der Waals surface area contributed by atoms with Crippen LogP contribution in [0.25, 0.3) is 0 Å². The van der Waals surface area contributed by atoms with E-state index in [-0.39, 0.29) is 5.11 Å². The first-order chi connectivity index (χ1) is 10.9. The van der Waals surface area contributed by atoms with Crippen molar-refractivity contribution in [3.8, 4) is 0 Å². The van der Waals surface area contributed by atoms with E-state index in [1.54, 1.807) is 12.1 Å². The molecule has 118 valence electrons. The van der Waals surface area contributed by atoms with Crippen LogP contribution >= 0.6 is 12.2 Å². The molecule has 5 nitrogen and oxygen atoms in total. The topological polar surface area (TPSA) is 70.2 Å². The van der Waals surface area contributed by atoms with E-state index in [2.05, 4.69) is 16.0 Å². The first-order valence-corrected chi connectivity index (χ1v) is 7.41. The van der Waals surface area contributed by atoms with Crippen molar-refractivity contribution in [1.82, 2.24) is 5.32 Å². The van der Waals surface area contributed by atoms with Crippen LogP contribution < -0.4 is 16.0 Å². The van der Waals surface area contributed by atoms with Crippen LogP contribution in [-0.2, 0) is 9.59 Å². The highest BCUT2D eigenvalue weighted by molar-refractivity contribution is 7.80. The van der Waals surface area contributed by atoms with Crippen LogP contribution in [0.5, 0.6) is 0 Å². The fraction of sp³-hybridized carbons (Fsp3) is 0.118. The second-order valence-electron chi connectivity index (χ2n) is 5.09. The molecule has 0 aliphatic carbocycles. The summed E-state index contributed by atoms with van der Waals surface area (Å²) in [4.78, 5) is 23.6. The van der Waals surface area contributed by atoms with Crippen molar-refractivity contribution in [2.24, 2.45) is 0 Å². The molecule has 2 amide bonds. The summed E-state index contributed by atoms with van der Waals surface area (Å²) in [7, 11) is 0. The van der Waals surface area contributed by atoms with Gasteiger partial charge in [0.05, 0.1) is 0 Å². The van der Waals surface area contributed by atoms with Gasteiger partial charge >= 0.3 is 11.8 Å². The molecule has 0 spiro atoms. The maximum absolute atomic E-state index is 11.8. The summed E-state index contributed by atoms with van der Waals surface area (Å²) in [6.07, 6.45) is 0. The minimum atomic E-state index is -0.824. The first-order valence-electron chi connectivity index (χ1n) is 7.01. The second kappa shape index (κ2) is 7.51. The number of carbonyl (C=O) groups excluding carboxylic acids is 2. The highest BCUT2D eigenvalue weighted by Gasteiger charge is 2.15. The van der Waals surface area contributed by atoms with E-state index < -0.39 is 11.8 Å². The summed E-state index contributed by atoms with van der Waals surface area (Å²) >= 11 is 5.02. The number of hydrogen-bond acceptors (Lipinski definition) is 3. The highest BCUT2D eigenvalue weighted by atomic mass is 32.1. The minimum Gasteiger partial charge on any atom is -0.332 e. The Morgan fingerprint density at radius 1 is 0.739 bits per heavy atom. The molecule has 2 aromatic rings. The van der Waals surface area contributed by atoms with Gasteiger partial charge in [0.1, 0.15) is 0 Å². The van der Waals surface area contributed by atoms with Crippen molar-refractivity contribution < 1.29 is 9.59 Å². The quantitative estimate of drug-likeness (QED) is 0.586. The van der Waals surface area contributed by atoms with Crippen LogP contribution in [-0.4, -0.2) is 16.9 Å². The zero-order valence-corrected chi connectivity index (χ0v) is 13.7. The zero-order chi connectivity index (χ0) is 16.8. The number of thiocarbonyl (C=S) groups is 1. The van der Waals surface area contributed by atoms with Crippen molar-refractivity contribution >= 4 is 40.5 Å². The van der Waals surface area contributed by atoms with Gasteiger partial charge in [0, 0.05) is 11.4 Å². The Kier molecular flexibility index (Phi) is 5.43. The molecular weight excluding hydrogens is 310 g/mol. The SMILES string of the molecule is Cc1ccc(NC(=O)C(=O)NC(=S)Nc2ccc(C)cc2)cc1. The summed E-state index contributed by atoms with van der Waals surface area (Å²) in [6, 6.07) is 14.6. The third-order valence-electron chi connectivity index (χ3n) is 3.05. The molecule has 3 N–H and O–H groups in total. The van der Waals surface area contributed by atoms with Crippen LogP contribution in [0.4, 0.5) is 11.4 Å². The smallest absolute Gasteiger partial charge is 0.315 e. The minimum absolute atomic E-state index is 0.0675. The Balaban J connectivity index is 1.87. The van der Waals surface area contributed by atoms with Crippen molar-refractivity contribution in [3.63, 3.8) is 0 Å². The first kappa shape index (κ1) is 16.6. The van der Waals surface area contributed by atoms with Gasteiger partial charge in [0.25, 0.3) is 0 Å². The lowest BCUT2D eigenvalue weighted by atomic mass is 10.2. The number of anilines is 2. The molecule has 2 rings (SSSR count). The van der Waals surface area contributed by atoms with Gasteiger partial charge in [-0.2, -0.15) is 0 Å². The Morgan fingerprint density at radius 3 is 1.65 bits per heavy atom. The monoisotopic (exact) mass is 327 g/mol. The average Bonchev–Trinajstić information content (AvgIpc) is 2.51. The number of aryl methyl sites for hydroxylation is 2. The standard InChI is InChI=1S/C17H17N3O2S/c1-11-3-7-13(8-4-11)18-15(21)16(22)20-17(23)19-14-9-5-12(2)6-10-14/h3-10H,1-2H3,(H,18,21)(H2,19,20,22,23). The lowest BCUT2D eigenvalue weighted by Crippen LogP contribution is -2.41. The Morgan fingerprint density at radius 2 is 1.17 bits per heavy atom. The summed E-state index contributed by atoms with van der Waals surface area (Å²) in [5.41, 5.74) is 3.46. The molecule has 23 heavy (non-hydrogen) atoms. The molecule has 0 aromatic heterocycles. The molecule has 0 bridgehead atoms. The van der Waals surface area contributed by atoms with Gasteiger partial charge in [0.15, 0.2) is 5.11 Å². The molecule has 0 fully saturated rings. The third-order valence-corrected chi connectivity index (χ3v) is 3.26. The molecule has 0 radical (unpaired) electrons. The van der Waals surface area contributed by atoms with E-state index in [0.29, 0.717) is 5.69 Å². The maximum atomic E-state index is 11.8. The van der Waals surface area contributed by atoms with Gasteiger partial charge in [-0.3, -0.25) is 14.9 Å². The van der Waals surface area contributed by atoms with E-state index in [4.69, 9.17) is 12.2 Å². The summed E-state index contributed by atoms with van der Waals surface area (Å²) in [6.45, 7) is 3.91. The largest absolute Gasteiger partial charge is 0.332 e. The van der Waals surface area contributed by atoms with Gasteiger partial charge in [-0.1, -0.05) is 35.4 Å². The lowest BCUT2D eigenvalue weighted by Gasteiger charge is -2.10. The van der Waals surface area contributed by atoms with Crippen molar-refractivity contribution in [1.29, 1.82) is 0 Å². The second-order valence-corrected chi connectivity index (χ2v) is 5.50. The Hall–Kier alpha value is -2.73. The van der Waals surface area contributed by atoms with Crippen molar-refractivity contribution in [3.05, 3.63) is 59.7 Å². The highest BCUT2D eigenvalue weighted by Crippen LogP contribution is 2.09. The Bertz CT molecular complexity index is 725. The molecule has 0 heterocycles. The van der Waals surface area contributed by atoms with Crippen LogP contribution in [0.2, 0.25) is 0 Å². The fourth-order valence-corrected chi connectivity index (χ4v) is 1.99. The average molecular weight is 327 g/mol. The number of nitrogens with one attached hydrogen (secondary N) is 3. The molecule has 6 heteroatoms. The summed E-state index contributed by atoms with van der Waals surface area (Å²) in [5, 5.41) is 7.76. The van der Waals surface area contributed by atoms with E-state index in [9.17, 15) is 9.59 Å². The van der Waals surface area contributed by atoms with Gasteiger partial charge in [-0.25, -0.2) is 0 Å². The maximum Gasteiger partial charge on any atom is 0.315 e. The predicted octanol–water partition coefficient (Wildman–Crippen LogP) is 2.76. The molecule has 0 saturated carbocycles. The van der Waals surface area contributed by atoms with E-state index in [1.165, 1.54) is 0 Å². The Labute approximate surface area is 140 Å². The molecule has 0 saturated heterocycles. The molecule has 2 aromatic carbocycles. The van der Waals surface area contributed by atoms with Crippen molar-refractivity contribution in [2.75, 3.05) is 10.6 Å². The zero-order valence-electron chi connectivity index (χ0n) is 12.8. The molecule has 0 unspecified atom stereocenters.